The molecule has 1 N–H and O–H groups in total. The van der Waals surface area contributed by atoms with E-state index < -0.39 is 28.4 Å². The van der Waals surface area contributed by atoms with Gasteiger partial charge in [0.15, 0.2) is 0 Å². The van der Waals surface area contributed by atoms with Crippen LogP contribution in [0.15, 0.2) is 108 Å². The molecule has 0 saturated heterocycles. The minimum absolute atomic E-state index is 0.133. The van der Waals surface area contributed by atoms with Crippen molar-refractivity contribution in [3.63, 3.8) is 0 Å². The molecule has 0 aliphatic heterocycles. The van der Waals surface area contributed by atoms with Crippen LogP contribution in [0.25, 0.3) is 11.1 Å². The van der Waals surface area contributed by atoms with Crippen molar-refractivity contribution in [2.45, 2.75) is 11.8 Å². The van der Waals surface area contributed by atoms with Crippen molar-refractivity contribution in [3.8, 4) is 16.9 Å². The summed E-state index contributed by atoms with van der Waals surface area (Å²) in [4.78, 5) is 26.5. The number of hydrogen-bond acceptors (Lipinski definition) is 5. The average Bonchev–Trinajstić information content (AvgIpc) is 2.92. The van der Waals surface area contributed by atoms with Gasteiger partial charge >= 0.3 is 0 Å². The topological polar surface area (TPSA) is 92.8 Å². The molecule has 7 nitrogen and oxygen atoms in total. The highest BCUT2D eigenvalue weighted by Crippen LogP contribution is 2.28. The van der Waals surface area contributed by atoms with E-state index in [4.69, 9.17) is 4.74 Å². The highest BCUT2D eigenvalue weighted by molar-refractivity contribution is 7.89. The van der Waals surface area contributed by atoms with Crippen LogP contribution in [0.1, 0.15) is 15.9 Å². The number of ether oxygens (including phenoxy) is 1. The Bertz CT molecular complexity index is 1500. The number of nitrogens with one attached hydrogen (secondary N) is 1. The maximum atomic E-state index is 13.6. The second-order valence-electron chi connectivity index (χ2n) is 8.32. The molecule has 4 aromatic rings. The van der Waals surface area contributed by atoms with Crippen LogP contribution in [0.2, 0.25) is 0 Å². The van der Waals surface area contributed by atoms with Crippen LogP contribution in [0.4, 0.5) is 5.69 Å². The summed E-state index contributed by atoms with van der Waals surface area (Å²) in [6.07, 6.45) is 0. The van der Waals surface area contributed by atoms with Gasteiger partial charge in [0.05, 0.1) is 12.0 Å². The van der Waals surface area contributed by atoms with E-state index in [9.17, 15) is 18.0 Å². The molecule has 0 spiro atoms. The van der Waals surface area contributed by atoms with Crippen LogP contribution in [-0.4, -0.2) is 38.2 Å². The zero-order valence-electron chi connectivity index (χ0n) is 20.4. The van der Waals surface area contributed by atoms with Gasteiger partial charge in [-0.1, -0.05) is 66.2 Å². The standard InChI is InChI=1S/C29H26N2O5S/c1-21-12-14-23(15-13-21)29(33)31(37(34,35)25-18-16-24(36-2)17-19-25)20-28(32)30-27-11-7-6-10-26(27)22-8-4-3-5-9-22/h3-19H,20H2,1-2H3,(H,30,32). The highest BCUT2D eigenvalue weighted by Gasteiger charge is 2.32. The fourth-order valence-electron chi connectivity index (χ4n) is 3.76. The third-order valence-corrected chi connectivity index (χ3v) is 7.49. The predicted octanol–water partition coefficient (Wildman–Crippen LogP) is 5.14. The number of para-hydroxylation sites is 1. The second kappa shape index (κ2) is 11.1. The Morgan fingerprint density at radius 3 is 2.08 bits per heavy atom. The van der Waals surface area contributed by atoms with E-state index in [0.29, 0.717) is 15.7 Å². The molecule has 0 heterocycles. The lowest BCUT2D eigenvalue weighted by atomic mass is 10.0. The number of hydrogen-bond donors (Lipinski definition) is 1. The minimum atomic E-state index is -4.37. The van der Waals surface area contributed by atoms with Gasteiger partial charge in [0.2, 0.25) is 5.91 Å². The fourth-order valence-corrected chi connectivity index (χ4v) is 5.11. The number of rotatable bonds is 8. The lowest BCUT2D eigenvalue weighted by Crippen LogP contribution is -2.42. The Morgan fingerprint density at radius 1 is 0.811 bits per heavy atom. The Kier molecular flexibility index (Phi) is 7.69. The first kappa shape index (κ1) is 25.7. The normalized spacial score (nSPS) is 11.0. The predicted molar refractivity (Wildman–Crippen MR) is 143 cm³/mol. The molecule has 0 saturated carbocycles. The summed E-state index contributed by atoms with van der Waals surface area (Å²) in [7, 11) is -2.90. The monoisotopic (exact) mass is 514 g/mol. The second-order valence-corrected chi connectivity index (χ2v) is 10.2. The molecule has 37 heavy (non-hydrogen) atoms. The van der Waals surface area contributed by atoms with Gasteiger partial charge in [0, 0.05) is 16.8 Å². The van der Waals surface area contributed by atoms with Gasteiger partial charge in [0.25, 0.3) is 15.9 Å². The van der Waals surface area contributed by atoms with E-state index in [-0.39, 0.29) is 10.5 Å². The van der Waals surface area contributed by atoms with E-state index in [1.54, 1.807) is 24.3 Å². The molecule has 0 aliphatic carbocycles. The number of carbonyl (C=O) groups is 2. The number of carbonyl (C=O) groups excluding carboxylic acids is 2. The Hall–Kier alpha value is -4.43. The van der Waals surface area contributed by atoms with Crippen LogP contribution in [0, 0.1) is 6.92 Å². The van der Waals surface area contributed by atoms with Crippen molar-refractivity contribution in [1.29, 1.82) is 0 Å². The molecule has 4 aromatic carbocycles. The molecule has 2 amide bonds. The van der Waals surface area contributed by atoms with Crippen LogP contribution in [0.3, 0.4) is 0 Å². The SMILES string of the molecule is COc1ccc(S(=O)(=O)N(CC(=O)Nc2ccccc2-c2ccccc2)C(=O)c2ccc(C)cc2)cc1. The molecule has 188 valence electrons. The fraction of sp³-hybridized carbons (Fsp3) is 0.103. The van der Waals surface area contributed by atoms with Crippen molar-refractivity contribution in [2.24, 2.45) is 0 Å². The summed E-state index contributed by atoms with van der Waals surface area (Å²) in [5, 5.41) is 2.78. The number of methoxy groups -OCH3 is 1. The molecule has 0 bridgehead atoms. The lowest BCUT2D eigenvalue weighted by molar-refractivity contribution is -0.116. The van der Waals surface area contributed by atoms with Gasteiger partial charge in [0.1, 0.15) is 12.3 Å². The zero-order chi connectivity index (χ0) is 26.4. The van der Waals surface area contributed by atoms with Crippen LogP contribution in [0.5, 0.6) is 5.75 Å². The molecular weight excluding hydrogens is 488 g/mol. The van der Waals surface area contributed by atoms with Crippen molar-refractivity contribution >= 4 is 27.5 Å². The van der Waals surface area contributed by atoms with Crippen molar-refractivity contribution < 1.29 is 22.7 Å². The van der Waals surface area contributed by atoms with Crippen LogP contribution >= 0.6 is 0 Å². The van der Waals surface area contributed by atoms with E-state index >= 15 is 0 Å². The first-order chi connectivity index (χ1) is 17.8. The first-order valence-corrected chi connectivity index (χ1v) is 13.0. The Balaban J connectivity index is 1.67. The van der Waals surface area contributed by atoms with Gasteiger partial charge in [-0.3, -0.25) is 9.59 Å². The lowest BCUT2D eigenvalue weighted by Gasteiger charge is -2.23. The summed E-state index contributed by atoms with van der Waals surface area (Å²) in [6.45, 7) is 1.15. The molecule has 0 aromatic heterocycles. The van der Waals surface area contributed by atoms with E-state index in [1.807, 2.05) is 49.4 Å². The quantitative estimate of drug-likeness (QED) is 0.351. The molecule has 8 heteroatoms. The van der Waals surface area contributed by atoms with Gasteiger partial charge in [-0.25, -0.2) is 12.7 Å². The van der Waals surface area contributed by atoms with E-state index in [2.05, 4.69) is 5.32 Å². The van der Waals surface area contributed by atoms with Crippen LogP contribution < -0.4 is 10.1 Å². The summed E-state index contributed by atoms with van der Waals surface area (Å²) in [5.41, 5.74) is 3.22. The maximum absolute atomic E-state index is 13.6. The third kappa shape index (κ3) is 5.87. The smallest absolute Gasteiger partial charge is 0.268 e. The van der Waals surface area contributed by atoms with Crippen LogP contribution in [-0.2, 0) is 14.8 Å². The molecule has 0 unspecified atom stereocenters. The summed E-state index contributed by atoms with van der Waals surface area (Å²) >= 11 is 0. The zero-order valence-corrected chi connectivity index (χ0v) is 21.2. The van der Waals surface area contributed by atoms with Gasteiger partial charge in [-0.05, 0) is 55.0 Å². The van der Waals surface area contributed by atoms with Crippen molar-refractivity contribution in [3.05, 3.63) is 114 Å². The minimum Gasteiger partial charge on any atom is -0.497 e. The van der Waals surface area contributed by atoms with Crippen molar-refractivity contribution in [2.75, 3.05) is 19.0 Å². The number of sulfonamides is 1. The third-order valence-electron chi connectivity index (χ3n) is 5.75. The van der Waals surface area contributed by atoms with Crippen molar-refractivity contribution in [1.82, 2.24) is 4.31 Å². The number of anilines is 1. The number of benzene rings is 4. The summed E-state index contributed by atoms with van der Waals surface area (Å²) in [5.74, 6) is -0.992. The van der Waals surface area contributed by atoms with Gasteiger partial charge < -0.3 is 10.1 Å². The first-order valence-electron chi connectivity index (χ1n) is 11.5. The number of nitrogens with zero attached hydrogens (tertiary/aromatic N) is 1. The molecule has 0 atom stereocenters. The number of amides is 2. The highest BCUT2D eigenvalue weighted by atomic mass is 32.2. The summed E-state index contributed by atoms with van der Waals surface area (Å²) < 4.78 is 32.9. The Morgan fingerprint density at radius 2 is 1.43 bits per heavy atom. The van der Waals surface area contributed by atoms with E-state index in [0.717, 1.165) is 16.7 Å². The molecule has 4 rings (SSSR count). The summed E-state index contributed by atoms with van der Waals surface area (Å²) in [6, 6.07) is 28.8. The molecule has 0 radical (unpaired) electrons. The molecule has 0 fully saturated rings. The maximum Gasteiger partial charge on any atom is 0.268 e. The van der Waals surface area contributed by atoms with Gasteiger partial charge in [-0.2, -0.15) is 0 Å². The Labute approximate surface area is 216 Å². The molecule has 0 aliphatic rings. The van der Waals surface area contributed by atoms with E-state index in [1.165, 1.54) is 43.5 Å². The average molecular weight is 515 g/mol. The number of aryl methyl sites for hydroxylation is 1. The largest absolute Gasteiger partial charge is 0.497 e. The van der Waals surface area contributed by atoms with Gasteiger partial charge in [-0.15, -0.1) is 0 Å². The molecular formula is C29H26N2O5S.